The Morgan fingerprint density at radius 1 is 1.60 bits per heavy atom. The second-order valence-electron chi connectivity index (χ2n) is 3.03. The highest BCUT2D eigenvalue weighted by molar-refractivity contribution is 5.89. The van der Waals surface area contributed by atoms with Crippen molar-refractivity contribution < 1.29 is 14.7 Å². The second kappa shape index (κ2) is 3.16. The van der Waals surface area contributed by atoms with Gasteiger partial charge in [-0.15, -0.1) is 0 Å². The van der Waals surface area contributed by atoms with E-state index in [1.807, 2.05) is 0 Å². The third-order valence-electron chi connectivity index (χ3n) is 2.06. The molecule has 0 radical (unpaired) electrons. The number of hydrogen-bond acceptors (Lipinski definition) is 4. The summed E-state index contributed by atoms with van der Waals surface area (Å²) in [5.74, 6) is -1.08. The van der Waals surface area contributed by atoms with Crippen molar-refractivity contribution >= 4 is 17.9 Å². The van der Waals surface area contributed by atoms with Crippen molar-refractivity contribution in [2.24, 2.45) is 0 Å². The number of fused-ring (bicyclic) bond motifs is 1. The fourth-order valence-corrected chi connectivity index (χ4v) is 1.31. The lowest BCUT2D eigenvalue weighted by molar-refractivity contribution is 0.0695. The first-order valence-electron chi connectivity index (χ1n) is 4.17. The highest BCUT2D eigenvalue weighted by Gasteiger charge is 2.11. The maximum Gasteiger partial charge on any atom is 0.338 e. The number of nitrogens with zero attached hydrogens (tertiary/aromatic N) is 3. The van der Waals surface area contributed by atoms with Crippen LogP contribution in [0.15, 0.2) is 12.4 Å². The molecule has 0 aliphatic carbocycles. The van der Waals surface area contributed by atoms with E-state index in [4.69, 9.17) is 5.11 Å². The summed E-state index contributed by atoms with van der Waals surface area (Å²) in [6.07, 6.45) is 3.18. The Labute approximate surface area is 84.2 Å². The molecule has 6 heteroatoms. The summed E-state index contributed by atoms with van der Waals surface area (Å²) in [6.45, 7) is 1.67. The Hall–Kier alpha value is -2.24. The largest absolute Gasteiger partial charge is 0.478 e. The molecule has 0 saturated heterocycles. The standard InChI is InChI=1S/C9H7N3O3/c1-5-7(4-13)8-10-2-6(9(14)15)3-12(8)11-5/h2-4H,1H3,(H,14,15). The van der Waals surface area contributed by atoms with Crippen molar-refractivity contribution in [1.29, 1.82) is 0 Å². The van der Waals surface area contributed by atoms with Gasteiger partial charge in [0.05, 0.1) is 16.8 Å². The van der Waals surface area contributed by atoms with Crippen molar-refractivity contribution in [1.82, 2.24) is 14.6 Å². The van der Waals surface area contributed by atoms with Gasteiger partial charge in [0.15, 0.2) is 11.9 Å². The first kappa shape index (κ1) is 9.32. The molecule has 0 aliphatic rings. The lowest BCUT2D eigenvalue weighted by atomic mass is 10.3. The van der Waals surface area contributed by atoms with Gasteiger partial charge in [-0.05, 0) is 6.92 Å². The average Bonchev–Trinajstić information content (AvgIpc) is 2.51. The number of aromatic nitrogens is 3. The maximum atomic E-state index is 10.7. The van der Waals surface area contributed by atoms with Crippen LogP contribution in [0.1, 0.15) is 26.4 Å². The predicted molar refractivity (Wildman–Crippen MR) is 50.1 cm³/mol. The first-order valence-corrected chi connectivity index (χ1v) is 4.17. The minimum absolute atomic E-state index is 0.0300. The van der Waals surface area contributed by atoms with Crippen LogP contribution in [0.2, 0.25) is 0 Å². The van der Waals surface area contributed by atoms with Crippen LogP contribution in [-0.4, -0.2) is 32.0 Å². The number of aromatic carboxylic acids is 1. The van der Waals surface area contributed by atoms with Crippen LogP contribution in [0.4, 0.5) is 0 Å². The number of carboxylic acid groups (broad SMARTS) is 1. The van der Waals surface area contributed by atoms with E-state index in [0.717, 1.165) is 0 Å². The van der Waals surface area contributed by atoms with Gasteiger partial charge in [-0.1, -0.05) is 0 Å². The minimum atomic E-state index is -1.08. The smallest absolute Gasteiger partial charge is 0.338 e. The molecule has 6 nitrogen and oxygen atoms in total. The summed E-state index contributed by atoms with van der Waals surface area (Å²) in [5.41, 5.74) is 1.31. The second-order valence-corrected chi connectivity index (χ2v) is 3.03. The van der Waals surface area contributed by atoms with Crippen LogP contribution in [-0.2, 0) is 0 Å². The summed E-state index contributed by atoms with van der Waals surface area (Å²) >= 11 is 0. The Kier molecular flexibility index (Phi) is 1.96. The highest BCUT2D eigenvalue weighted by Crippen LogP contribution is 2.11. The number of carbonyl (C=O) groups excluding carboxylic acids is 1. The van der Waals surface area contributed by atoms with Gasteiger partial charge in [0.25, 0.3) is 0 Å². The van der Waals surface area contributed by atoms with E-state index in [0.29, 0.717) is 23.2 Å². The molecule has 0 aromatic carbocycles. The molecule has 2 rings (SSSR count). The quantitative estimate of drug-likeness (QED) is 0.723. The van der Waals surface area contributed by atoms with Crippen LogP contribution >= 0.6 is 0 Å². The van der Waals surface area contributed by atoms with Crippen molar-refractivity contribution in [3.05, 3.63) is 29.2 Å². The van der Waals surface area contributed by atoms with E-state index in [1.165, 1.54) is 16.9 Å². The van der Waals surface area contributed by atoms with Crippen LogP contribution in [0.3, 0.4) is 0 Å². The van der Waals surface area contributed by atoms with Gasteiger partial charge in [0, 0.05) is 12.4 Å². The number of aryl methyl sites for hydroxylation is 1. The molecule has 2 heterocycles. The summed E-state index contributed by atoms with van der Waals surface area (Å²) in [5, 5.41) is 12.7. The van der Waals surface area contributed by atoms with E-state index < -0.39 is 5.97 Å². The highest BCUT2D eigenvalue weighted by atomic mass is 16.4. The molecule has 1 N–H and O–H groups in total. The van der Waals surface area contributed by atoms with Gasteiger partial charge in [0.2, 0.25) is 0 Å². The predicted octanol–water partition coefficient (Wildman–Crippen LogP) is 0.548. The number of aldehydes is 1. The van der Waals surface area contributed by atoms with Crippen LogP contribution in [0.5, 0.6) is 0 Å². The van der Waals surface area contributed by atoms with E-state index in [2.05, 4.69) is 10.1 Å². The molecule has 2 aromatic heterocycles. The first-order chi connectivity index (χ1) is 7.13. The molecule has 15 heavy (non-hydrogen) atoms. The van der Waals surface area contributed by atoms with Gasteiger partial charge < -0.3 is 5.11 Å². The number of hydrogen-bond donors (Lipinski definition) is 1. The average molecular weight is 205 g/mol. The van der Waals surface area contributed by atoms with Crippen molar-refractivity contribution in [2.75, 3.05) is 0 Å². The maximum absolute atomic E-state index is 10.7. The summed E-state index contributed by atoms with van der Waals surface area (Å²) in [6, 6.07) is 0. The molecule has 0 fully saturated rings. The monoisotopic (exact) mass is 205 g/mol. The molecule has 0 saturated carbocycles. The summed E-state index contributed by atoms with van der Waals surface area (Å²) in [7, 11) is 0. The third-order valence-corrected chi connectivity index (χ3v) is 2.06. The van der Waals surface area contributed by atoms with Gasteiger partial charge in [-0.2, -0.15) is 5.10 Å². The molecular formula is C9H7N3O3. The van der Waals surface area contributed by atoms with Crippen LogP contribution in [0.25, 0.3) is 5.65 Å². The SMILES string of the molecule is Cc1nn2cc(C(=O)O)cnc2c1C=O. The molecule has 0 atom stereocenters. The fourth-order valence-electron chi connectivity index (χ4n) is 1.31. The third kappa shape index (κ3) is 1.35. The lowest BCUT2D eigenvalue weighted by Crippen LogP contribution is -2.01. The Bertz CT molecular complexity index is 559. The van der Waals surface area contributed by atoms with Crippen LogP contribution in [0, 0.1) is 6.92 Å². The molecule has 0 aliphatic heterocycles. The summed E-state index contributed by atoms with van der Waals surface area (Å²) < 4.78 is 1.29. The van der Waals surface area contributed by atoms with E-state index in [1.54, 1.807) is 6.92 Å². The Balaban J connectivity index is 2.75. The minimum Gasteiger partial charge on any atom is -0.478 e. The molecular weight excluding hydrogens is 198 g/mol. The summed E-state index contributed by atoms with van der Waals surface area (Å²) in [4.78, 5) is 25.2. The Morgan fingerprint density at radius 2 is 2.33 bits per heavy atom. The van der Waals surface area contributed by atoms with Crippen molar-refractivity contribution in [3.8, 4) is 0 Å². The van der Waals surface area contributed by atoms with Gasteiger partial charge in [-0.25, -0.2) is 14.3 Å². The van der Waals surface area contributed by atoms with Gasteiger partial charge >= 0.3 is 5.97 Å². The lowest BCUT2D eigenvalue weighted by Gasteiger charge is -1.95. The van der Waals surface area contributed by atoms with E-state index in [-0.39, 0.29) is 5.56 Å². The zero-order valence-electron chi connectivity index (χ0n) is 7.84. The zero-order chi connectivity index (χ0) is 11.0. The van der Waals surface area contributed by atoms with Crippen molar-refractivity contribution in [2.45, 2.75) is 6.92 Å². The fraction of sp³-hybridized carbons (Fsp3) is 0.111. The molecule has 0 bridgehead atoms. The zero-order valence-corrected chi connectivity index (χ0v) is 7.84. The van der Waals surface area contributed by atoms with E-state index in [9.17, 15) is 9.59 Å². The Morgan fingerprint density at radius 3 is 2.93 bits per heavy atom. The van der Waals surface area contributed by atoms with Crippen LogP contribution < -0.4 is 0 Å². The molecule has 0 unspecified atom stereocenters. The molecule has 0 spiro atoms. The van der Waals surface area contributed by atoms with Gasteiger partial charge in [0.1, 0.15) is 0 Å². The molecule has 0 amide bonds. The molecule has 2 aromatic rings. The topological polar surface area (TPSA) is 84.6 Å². The normalized spacial score (nSPS) is 10.5. The number of rotatable bonds is 2. The van der Waals surface area contributed by atoms with Gasteiger partial charge in [-0.3, -0.25) is 4.79 Å². The van der Waals surface area contributed by atoms with E-state index >= 15 is 0 Å². The number of carboxylic acids is 1. The molecule has 76 valence electrons. The number of carbonyl (C=O) groups is 2. The van der Waals surface area contributed by atoms with Crippen molar-refractivity contribution in [3.63, 3.8) is 0 Å².